The largest absolute Gasteiger partial charge is 0.381 e. The Morgan fingerprint density at radius 3 is 2.57 bits per heavy atom. The number of rotatable bonds is 6. The van der Waals surface area contributed by atoms with Crippen molar-refractivity contribution in [3.63, 3.8) is 0 Å². The highest BCUT2D eigenvalue weighted by Crippen LogP contribution is 2.27. The molecule has 1 aliphatic rings. The third kappa shape index (κ3) is 4.73. The lowest BCUT2D eigenvalue weighted by atomic mass is 10.1. The number of benzene rings is 1. The second-order valence-electron chi connectivity index (χ2n) is 9.05. The first-order chi connectivity index (χ1) is 17.1. The first kappa shape index (κ1) is 22.9. The number of imidazole rings is 1. The minimum Gasteiger partial charge on any atom is -0.381 e. The Labute approximate surface area is 205 Å². The van der Waals surface area contributed by atoms with Gasteiger partial charge in [-0.2, -0.15) is 5.26 Å². The van der Waals surface area contributed by atoms with Gasteiger partial charge in [0, 0.05) is 38.5 Å². The van der Waals surface area contributed by atoms with E-state index in [9.17, 15) is 0 Å². The van der Waals surface area contributed by atoms with Crippen LogP contribution in [0.5, 0.6) is 0 Å². The maximum absolute atomic E-state index is 9.11. The second-order valence-corrected chi connectivity index (χ2v) is 9.05. The maximum atomic E-state index is 9.11. The fourth-order valence-corrected chi connectivity index (χ4v) is 4.84. The van der Waals surface area contributed by atoms with E-state index in [1.165, 1.54) is 0 Å². The van der Waals surface area contributed by atoms with E-state index in [0.29, 0.717) is 18.1 Å². The molecule has 1 atom stereocenters. The van der Waals surface area contributed by atoms with E-state index in [-0.39, 0.29) is 6.04 Å². The summed E-state index contributed by atoms with van der Waals surface area (Å²) in [6.07, 6.45) is 6.60. The van der Waals surface area contributed by atoms with Gasteiger partial charge in [0.05, 0.1) is 41.2 Å². The highest BCUT2D eigenvalue weighted by atomic mass is 16.5. The molecule has 4 aromatic rings. The summed E-state index contributed by atoms with van der Waals surface area (Å²) in [6, 6.07) is 14.1. The fraction of sp³-hybridized carbons (Fsp3) is 0.370. The van der Waals surface area contributed by atoms with Crippen LogP contribution in [0, 0.1) is 18.3 Å². The number of methoxy groups -OCH3 is 1. The molecule has 1 aliphatic heterocycles. The molecule has 1 fully saturated rings. The van der Waals surface area contributed by atoms with Gasteiger partial charge >= 0.3 is 0 Å². The minimum atomic E-state index is 0.0728. The van der Waals surface area contributed by atoms with Crippen molar-refractivity contribution >= 4 is 17.0 Å². The average molecular weight is 468 g/mol. The van der Waals surface area contributed by atoms with Gasteiger partial charge in [0.25, 0.3) is 0 Å². The van der Waals surface area contributed by atoms with Crippen LogP contribution in [0.25, 0.3) is 11.0 Å². The Bertz CT molecular complexity index is 1360. The topological polar surface area (TPSA) is 92.8 Å². The molecule has 0 spiro atoms. The molecule has 0 aliphatic carbocycles. The average Bonchev–Trinajstić information content (AvgIpc) is 3.23. The smallest absolute Gasteiger partial charge is 0.225 e. The molecule has 3 aromatic heterocycles. The van der Waals surface area contributed by atoms with E-state index in [1.807, 2.05) is 49.6 Å². The molecule has 8 nitrogen and oxygen atoms in total. The number of anilines is 1. The van der Waals surface area contributed by atoms with E-state index >= 15 is 0 Å². The van der Waals surface area contributed by atoms with Crippen LogP contribution in [-0.4, -0.2) is 50.8 Å². The van der Waals surface area contributed by atoms with Crippen LogP contribution in [0.4, 0.5) is 5.95 Å². The number of ether oxygens (including phenoxy) is 1. The zero-order valence-corrected chi connectivity index (χ0v) is 20.3. The van der Waals surface area contributed by atoms with Gasteiger partial charge in [-0.25, -0.2) is 15.0 Å². The molecule has 178 valence electrons. The van der Waals surface area contributed by atoms with Gasteiger partial charge in [-0.1, -0.05) is 12.1 Å². The molecule has 0 N–H and O–H groups in total. The van der Waals surface area contributed by atoms with Crippen molar-refractivity contribution in [1.29, 1.82) is 5.26 Å². The van der Waals surface area contributed by atoms with Crippen LogP contribution in [0.2, 0.25) is 0 Å². The summed E-state index contributed by atoms with van der Waals surface area (Å²) < 4.78 is 7.71. The van der Waals surface area contributed by atoms with Gasteiger partial charge in [-0.05, 0) is 56.5 Å². The molecule has 8 heteroatoms. The molecular weight excluding hydrogens is 438 g/mol. The number of nitriles is 1. The third-order valence-electron chi connectivity index (χ3n) is 6.84. The number of nitrogens with zero attached hydrogens (tertiary/aromatic N) is 7. The van der Waals surface area contributed by atoms with Gasteiger partial charge in [0.2, 0.25) is 5.95 Å². The van der Waals surface area contributed by atoms with Gasteiger partial charge in [0.1, 0.15) is 11.3 Å². The summed E-state index contributed by atoms with van der Waals surface area (Å²) in [6.45, 7) is 5.97. The Hall–Kier alpha value is -3.83. The summed E-state index contributed by atoms with van der Waals surface area (Å²) in [5, 5.41) is 9.11. The number of piperidine rings is 1. The van der Waals surface area contributed by atoms with Crippen molar-refractivity contribution in [2.75, 3.05) is 25.1 Å². The van der Waals surface area contributed by atoms with Gasteiger partial charge < -0.3 is 14.2 Å². The Balaban J connectivity index is 1.40. The predicted octanol–water partition coefficient (Wildman–Crippen LogP) is 4.22. The molecule has 0 saturated carbocycles. The minimum absolute atomic E-state index is 0.0728. The Morgan fingerprint density at radius 2 is 1.86 bits per heavy atom. The quantitative estimate of drug-likeness (QED) is 0.419. The van der Waals surface area contributed by atoms with Gasteiger partial charge in [-0.15, -0.1) is 0 Å². The van der Waals surface area contributed by atoms with E-state index in [4.69, 9.17) is 20.0 Å². The summed E-state index contributed by atoms with van der Waals surface area (Å²) in [4.78, 5) is 21.0. The number of aryl methyl sites for hydroxylation is 1. The van der Waals surface area contributed by atoms with Crippen LogP contribution in [0.3, 0.4) is 0 Å². The molecule has 0 radical (unpaired) electrons. The standard InChI is InChI=1S/C27H29N7O/c1-18(21-6-4-20(16-28)5-7-21)34-19(2)31-25-17-30-23(15-26(25)34)14-22-8-11-29-27(32-22)33-12-9-24(35-3)10-13-33/h4-8,11,15,17-18,24H,9-10,12-14H2,1-3H3. The van der Waals surface area contributed by atoms with Crippen molar-refractivity contribution in [3.8, 4) is 6.07 Å². The lowest BCUT2D eigenvalue weighted by Gasteiger charge is -2.31. The van der Waals surface area contributed by atoms with Crippen molar-refractivity contribution in [1.82, 2.24) is 24.5 Å². The van der Waals surface area contributed by atoms with Crippen LogP contribution in [0.15, 0.2) is 48.8 Å². The Morgan fingerprint density at radius 1 is 1.09 bits per heavy atom. The highest BCUT2D eigenvalue weighted by Gasteiger charge is 2.21. The zero-order valence-electron chi connectivity index (χ0n) is 20.3. The molecule has 35 heavy (non-hydrogen) atoms. The van der Waals surface area contributed by atoms with Crippen LogP contribution in [0.1, 0.15) is 54.1 Å². The lowest BCUT2D eigenvalue weighted by molar-refractivity contribution is 0.0816. The summed E-state index contributed by atoms with van der Waals surface area (Å²) >= 11 is 0. The number of aromatic nitrogens is 5. The fourth-order valence-electron chi connectivity index (χ4n) is 4.84. The summed E-state index contributed by atoms with van der Waals surface area (Å²) in [7, 11) is 1.78. The number of hydrogen-bond donors (Lipinski definition) is 0. The van der Waals surface area contributed by atoms with Crippen molar-refractivity contribution in [2.24, 2.45) is 0 Å². The highest BCUT2D eigenvalue weighted by molar-refractivity contribution is 5.76. The molecule has 1 saturated heterocycles. The molecule has 1 unspecified atom stereocenters. The Kier molecular flexibility index (Phi) is 6.43. The van der Waals surface area contributed by atoms with Gasteiger partial charge in [0.15, 0.2) is 0 Å². The van der Waals surface area contributed by atoms with Gasteiger partial charge in [-0.3, -0.25) is 4.98 Å². The van der Waals surface area contributed by atoms with Crippen LogP contribution >= 0.6 is 0 Å². The number of pyridine rings is 1. The predicted molar refractivity (Wildman–Crippen MR) is 134 cm³/mol. The van der Waals surface area contributed by atoms with E-state index in [1.54, 1.807) is 7.11 Å². The molecule has 4 heterocycles. The van der Waals surface area contributed by atoms with E-state index in [2.05, 4.69) is 38.5 Å². The number of hydrogen-bond acceptors (Lipinski definition) is 7. The monoisotopic (exact) mass is 467 g/mol. The lowest BCUT2D eigenvalue weighted by Crippen LogP contribution is -2.37. The molecule has 1 aromatic carbocycles. The van der Waals surface area contributed by atoms with E-state index in [0.717, 1.165) is 65.7 Å². The second kappa shape index (κ2) is 9.80. The van der Waals surface area contributed by atoms with Crippen molar-refractivity contribution < 1.29 is 4.74 Å². The molecule has 0 bridgehead atoms. The van der Waals surface area contributed by atoms with Crippen molar-refractivity contribution in [2.45, 2.75) is 45.3 Å². The first-order valence-corrected chi connectivity index (χ1v) is 12.0. The van der Waals surface area contributed by atoms with Crippen LogP contribution < -0.4 is 4.90 Å². The van der Waals surface area contributed by atoms with Crippen LogP contribution in [-0.2, 0) is 11.2 Å². The maximum Gasteiger partial charge on any atom is 0.225 e. The van der Waals surface area contributed by atoms with Crippen molar-refractivity contribution in [3.05, 3.63) is 77.1 Å². The first-order valence-electron chi connectivity index (χ1n) is 12.0. The molecule has 0 amide bonds. The molecular formula is C27H29N7O. The SMILES string of the molecule is COC1CCN(c2nccc(Cc3cc4c(cn3)nc(C)n4C(C)c3ccc(C#N)cc3)n2)CC1. The summed E-state index contributed by atoms with van der Waals surface area (Å²) in [5.74, 6) is 1.70. The summed E-state index contributed by atoms with van der Waals surface area (Å²) in [5.41, 5.74) is 5.58. The normalized spacial score (nSPS) is 15.3. The van der Waals surface area contributed by atoms with E-state index < -0.39 is 0 Å². The third-order valence-corrected chi connectivity index (χ3v) is 6.84. The molecule has 5 rings (SSSR count). The zero-order chi connectivity index (χ0) is 24.4. The number of fused-ring (bicyclic) bond motifs is 1.